The number of nitrogens with one attached hydrogen (secondary N) is 1. The average molecular weight is 541 g/mol. The lowest BCUT2D eigenvalue weighted by Crippen LogP contribution is -2.49. The van der Waals surface area contributed by atoms with Gasteiger partial charge < -0.3 is 30.2 Å². The monoisotopic (exact) mass is 540 g/mol. The Balaban J connectivity index is 1.15. The molecule has 2 aromatic carbocycles. The number of anilines is 2. The first kappa shape index (κ1) is 25.5. The van der Waals surface area contributed by atoms with Gasteiger partial charge in [0, 0.05) is 34.9 Å². The van der Waals surface area contributed by atoms with Crippen molar-refractivity contribution >= 4 is 46.1 Å². The smallest absolute Gasteiger partial charge is 0.255 e. The summed E-state index contributed by atoms with van der Waals surface area (Å²) >= 11 is 7.75. The molecule has 3 N–H and O–H groups in total. The molecule has 5 rings (SSSR count). The fourth-order valence-electron chi connectivity index (χ4n) is 4.85. The van der Waals surface area contributed by atoms with Crippen molar-refractivity contribution in [2.24, 2.45) is 0 Å². The number of nitrogens with zero attached hydrogens (tertiary/aromatic N) is 3. The second-order valence-corrected chi connectivity index (χ2v) is 11.1. The van der Waals surface area contributed by atoms with Crippen molar-refractivity contribution < 1.29 is 19.8 Å². The lowest BCUT2D eigenvalue weighted by molar-refractivity contribution is -0.153. The standard InChI is InChI=1S/C27H29ClN4O4S/c1-16-30(2)23-11-19(28)7-10-22(23)32(16)15-21-9-8-20(37-21)12-29-26(35)24(33)25(34)27(36)31-13-17-5-3-4-6-18(17)14-31/h3-11,16,24-25,33-34H,12-15H2,1-2H3,(H,29,35)/t16?,24-,25?/m1/s1. The molecule has 0 radical (unpaired) electrons. The van der Waals surface area contributed by atoms with Crippen molar-refractivity contribution in [3.05, 3.63) is 80.5 Å². The van der Waals surface area contributed by atoms with E-state index in [1.54, 1.807) is 11.3 Å². The number of carbonyl (C=O) groups is 2. The highest BCUT2D eigenvalue weighted by Gasteiger charge is 2.35. The first-order chi connectivity index (χ1) is 17.7. The minimum Gasteiger partial charge on any atom is -0.380 e. The zero-order valence-corrected chi connectivity index (χ0v) is 22.2. The molecule has 0 aliphatic carbocycles. The molecule has 8 nitrogen and oxygen atoms in total. The summed E-state index contributed by atoms with van der Waals surface area (Å²) in [5.74, 6) is -1.45. The van der Waals surface area contributed by atoms with Gasteiger partial charge in [0.15, 0.2) is 12.2 Å². The summed E-state index contributed by atoms with van der Waals surface area (Å²) in [5.41, 5.74) is 4.20. The molecule has 0 fully saturated rings. The zero-order valence-electron chi connectivity index (χ0n) is 20.6. The minimum absolute atomic E-state index is 0.163. The summed E-state index contributed by atoms with van der Waals surface area (Å²) in [6, 6.07) is 17.5. The Morgan fingerprint density at radius 1 is 1.03 bits per heavy atom. The number of aliphatic hydroxyl groups excluding tert-OH is 2. The number of halogens is 1. The maximum Gasteiger partial charge on any atom is 0.255 e. The van der Waals surface area contributed by atoms with E-state index in [0.29, 0.717) is 24.7 Å². The van der Waals surface area contributed by atoms with Crippen LogP contribution in [0.1, 0.15) is 27.8 Å². The molecule has 194 valence electrons. The number of amides is 2. The molecule has 2 amide bonds. The maximum atomic E-state index is 12.7. The summed E-state index contributed by atoms with van der Waals surface area (Å²) in [6.45, 7) is 3.73. The van der Waals surface area contributed by atoms with Crippen LogP contribution in [0.2, 0.25) is 5.02 Å². The van der Waals surface area contributed by atoms with Crippen LogP contribution in [0.5, 0.6) is 0 Å². The van der Waals surface area contributed by atoms with E-state index in [1.807, 2.05) is 61.6 Å². The molecule has 2 unspecified atom stereocenters. The van der Waals surface area contributed by atoms with E-state index in [2.05, 4.69) is 22.0 Å². The van der Waals surface area contributed by atoms with Crippen LogP contribution in [0.4, 0.5) is 11.4 Å². The van der Waals surface area contributed by atoms with Crippen molar-refractivity contribution in [1.82, 2.24) is 10.2 Å². The molecule has 3 aromatic rings. The normalized spacial score (nSPS) is 18.0. The van der Waals surface area contributed by atoms with Gasteiger partial charge in [-0.15, -0.1) is 11.3 Å². The first-order valence-corrected chi connectivity index (χ1v) is 13.3. The van der Waals surface area contributed by atoms with Gasteiger partial charge in [0.25, 0.3) is 11.8 Å². The molecule has 2 aliphatic heterocycles. The molecule has 3 atom stereocenters. The third-order valence-corrected chi connectivity index (χ3v) is 8.40. The van der Waals surface area contributed by atoms with Crippen molar-refractivity contribution in [3.8, 4) is 0 Å². The molecule has 2 aliphatic rings. The number of benzene rings is 2. The minimum atomic E-state index is -1.85. The van der Waals surface area contributed by atoms with Crippen LogP contribution in [0, 0.1) is 0 Å². The van der Waals surface area contributed by atoms with Crippen molar-refractivity contribution in [2.45, 2.75) is 51.5 Å². The molecule has 1 aromatic heterocycles. The highest BCUT2D eigenvalue weighted by atomic mass is 35.5. The van der Waals surface area contributed by atoms with Gasteiger partial charge in [-0.3, -0.25) is 9.59 Å². The molecular weight excluding hydrogens is 512 g/mol. The van der Waals surface area contributed by atoms with Gasteiger partial charge in [-0.05, 0) is 48.4 Å². The van der Waals surface area contributed by atoms with Crippen LogP contribution < -0.4 is 15.1 Å². The predicted octanol–water partition coefficient (Wildman–Crippen LogP) is 3.08. The molecule has 0 bridgehead atoms. The van der Waals surface area contributed by atoms with Crippen LogP contribution in [0.3, 0.4) is 0 Å². The number of thiophene rings is 1. The number of aliphatic hydroxyl groups is 2. The van der Waals surface area contributed by atoms with Crippen LogP contribution >= 0.6 is 22.9 Å². The number of carbonyl (C=O) groups excluding carboxylic acids is 2. The van der Waals surface area contributed by atoms with Crippen LogP contribution in [0.25, 0.3) is 0 Å². The highest BCUT2D eigenvalue weighted by Crippen LogP contribution is 2.41. The molecule has 0 saturated carbocycles. The molecule has 0 saturated heterocycles. The summed E-state index contributed by atoms with van der Waals surface area (Å²) in [7, 11) is 2.04. The van der Waals surface area contributed by atoms with E-state index < -0.39 is 24.0 Å². The van der Waals surface area contributed by atoms with Gasteiger partial charge >= 0.3 is 0 Å². The van der Waals surface area contributed by atoms with Gasteiger partial charge in [-0.25, -0.2) is 0 Å². The van der Waals surface area contributed by atoms with Crippen LogP contribution in [0.15, 0.2) is 54.6 Å². The Labute approximate surface area is 224 Å². The lowest BCUT2D eigenvalue weighted by Gasteiger charge is -2.27. The molecule has 0 spiro atoms. The summed E-state index contributed by atoms with van der Waals surface area (Å²) < 4.78 is 0. The van der Waals surface area contributed by atoms with Crippen LogP contribution in [-0.2, 0) is 35.8 Å². The summed E-state index contributed by atoms with van der Waals surface area (Å²) in [6.07, 6.45) is -3.51. The fraction of sp³-hybridized carbons (Fsp3) is 0.333. The Kier molecular flexibility index (Phi) is 7.13. The van der Waals surface area contributed by atoms with E-state index in [1.165, 1.54) is 4.90 Å². The van der Waals surface area contributed by atoms with Crippen molar-refractivity contribution in [3.63, 3.8) is 0 Å². The quantitative estimate of drug-likeness (QED) is 0.426. The first-order valence-electron chi connectivity index (χ1n) is 12.1. The van der Waals surface area contributed by atoms with Gasteiger partial charge in [0.05, 0.1) is 30.6 Å². The van der Waals surface area contributed by atoms with Crippen LogP contribution in [-0.4, -0.2) is 52.3 Å². The Morgan fingerprint density at radius 2 is 1.70 bits per heavy atom. The zero-order chi connectivity index (χ0) is 26.3. The van der Waals surface area contributed by atoms with Gasteiger partial charge in [0.1, 0.15) is 0 Å². The Morgan fingerprint density at radius 3 is 2.41 bits per heavy atom. The van der Waals surface area contributed by atoms with Crippen molar-refractivity contribution in [1.29, 1.82) is 0 Å². The second kappa shape index (κ2) is 10.3. The Bertz CT molecular complexity index is 1310. The third-order valence-electron chi connectivity index (χ3n) is 7.09. The number of rotatable bonds is 7. The number of fused-ring (bicyclic) bond motifs is 2. The largest absolute Gasteiger partial charge is 0.380 e. The maximum absolute atomic E-state index is 12.7. The van der Waals surface area contributed by atoms with E-state index >= 15 is 0 Å². The van der Waals surface area contributed by atoms with E-state index in [9.17, 15) is 19.8 Å². The Hall–Kier alpha value is -3.11. The molecule has 3 heterocycles. The van der Waals surface area contributed by atoms with Crippen molar-refractivity contribution in [2.75, 3.05) is 16.8 Å². The predicted molar refractivity (Wildman–Crippen MR) is 144 cm³/mol. The fourth-order valence-corrected chi connectivity index (χ4v) is 5.98. The average Bonchev–Trinajstić information content (AvgIpc) is 3.60. The van der Waals surface area contributed by atoms with Gasteiger partial charge in [0.2, 0.25) is 0 Å². The number of hydrogen-bond acceptors (Lipinski definition) is 7. The number of hydrogen-bond donors (Lipinski definition) is 3. The summed E-state index contributed by atoms with van der Waals surface area (Å²) in [5, 5.41) is 24.1. The summed E-state index contributed by atoms with van der Waals surface area (Å²) in [4.78, 5) is 33.1. The topological polar surface area (TPSA) is 96.4 Å². The lowest BCUT2D eigenvalue weighted by atomic mass is 10.1. The SMILES string of the molecule is CC1N(C)c2cc(Cl)ccc2N1Cc1ccc(CNC(=O)[C@H](O)C(O)C(=O)N2Cc3ccccc3C2)s1. The highest BCUT2D eigenvalue weighted by molar-refractivity contribution is 7.12. The third kappa shape index (κ3) is 5.04. The molecule has 37 heavy (non-hydrogen) atoms. The molecule has 10 heteroatoms. The van der Waals surface area contributed by atoms with E-state index in [4.69, 9.17) is 11.6 Å². The van der Waals surface area contributed by atoms with Gasteiger partial charge in [-0.1, -0.05) is 35.9 Å². The van der Waals surface area contributed by atoms with E-state index in [0.717, 1.165) is 32.3 Å². The van der Waals surface area contributed by atoms with Gasteiger partial charge in [-0.2, -0.15) is 0 Å². The van der Waals surface area contributed by atoms with E-state index in [-0.39, 0.29) is 12.7 Å². The molecular formula is C27H29ClN4O4S. The second-order valence-electron chi connectivity index (χ2n) is 9.44.